The molecule has 2 aromatic carbocycles. The van der Waals surface area contributed by atoms with E-state index in [2.05, 4.69) is 10.2 Å². The predicted molar refractivity (Wildman–Crippen MR) is 126 cm³/mol. The molecule has 0 spiro atoms. The number of ether oxygens (including phenoxy) is 2. The minimum Gasteiger partial charge on any atom is -0.494 e. The molecule has 1 fully saturated rings. The molecule has 0 bridgehead atoms. The highest BCUT2D eigenvalue weighted by molar-refractivity contribution is 5.80. The second-order valence-electron chi connectivity index (χ2n) is 8.40. The molecule has 7 heteroatoms. The number of rotatable bonds is 12. The Labute approximate surface area is 195 Å². The van der Waals surface area contributed by atoms with Crippen molar-refractivity contribution in [2.24, 2.45) is 0 Å². The average molecular weight is 455 g/mol. The quantitative estimate of drug-likeness (QED) is 0.466. The van der Waals surface area contributed by atoms with E-state index in [1.54, 1.807) is 0 Å². The molecule has 1 unspecified atom stereocenters. The summed E-state index contributed by atoms with van der Waals surface area (Å²) in [6.45, 7) is 4.33. The van der Waals surface area contributed by atoms with Crippen LogP contribution < -0.4 is 10.1 Å². The molecule has 1 amide bonds. The molecule has 2 aromatic rings. The lowest BCUT2D eigenvalue weighted by Crippen LogP contribution is -2.42. The minimum absolute atomic E-state index is 0.0864. The van der Waals surface area contributed by atoms with Crippen LogP contribution in [0.2, 0.25) is 0 Å². The number of nitrogens with one attached hydrogen (secondary N) is 1. The second-order valence-corrected chi connectivity index (χ2v) is 8.40. The highest BCUT2D eigenvalue weighted by Crippen LogP contribution is 2.15. The van der Waals surface area contributed by atoms with Crippen molar-refractivity contribution in [1.29, 1.82) is 0 Å². The maximum atomic E-state index is 12.0. The van der Waals surface area contributed by atoms with Gasteiger partial charge in [-0.1, -0.05) is 48.9 Å². The van der Waals surface area contributed by atoms with E-state index in [9.17, 15) is 14.7 Å². The maximum absolute atomic E-state index is 12.0. The Morgan fingerprint density at radius 1 is 0.939 bits per heavy atom. The van der Waals surface area contributed by atoms with Crippen molar-refractivity contribution in [2.75, 3.05) is 26.2 Å². The second kappa shape index (κ2) is 13.5. The molecular formula is C26H34N2O5. The van der Waals surface area contributed by atoms with Crippen molar-refractivity contribution in [1.82, 2.24) is 10.2 Å². The van der Waals surface area contributed by atoms with E-state index in [0.717, 1.165) is 36.3 Å². The third kappa shape index (κ3) is 9.14. The van der Waals surface area contributed by atoms with E-state index >= 15 is 0 Å². The molecule has 1 saturated heterocycles. The number of carboxylic acids is 1. The smallest absolute Gasteiger partial charge is 0.408 e. The fraction of sp³-hybridized carbons (Fsp3) is 0.462. The molecule has 1 aliphatic rings. The Balaban J connectivity index is 1.37. The molecule has 0 radical (unpaired) electrons. The van der Waals surface area contributed by atoms with Gasteiger partial charge in [-0.05, 0) is 68.6 Å². The molecule has 178 valence electrons. The fourth-order valence-corrected chi connectivity index (χ4v) is 3.88. The highest BCUT2D eigenvalue weighted by atomic mass is 16.5. The number of hydrogen-bond acceptors (Lipinski definition) is 5. The van der Waals surface area contributed by atoms with Gasteiger partial charge >= 0.3 is 12.1 Å². The van der Waals surface area contributed by atoms with Crippen LogP contribution in [0.5, 0.6) is 5.75 Å². The van der Waals surface area contributed by atoms with Crippen molar-refractivity contribution in [3.8, 4) is 5.75 Å². The molecule has 3 rings (SSSR count). The van der Waals surface area contributed by atoms with Gasteiger partial charge in [-0.3, -0.25) is 0 Å². The summed E-state index contributed by atoms with van der Waals surface area (Å²) in [5.74, 6) is -0.348. The summed E-state index contributed by atoms with van der Waals surface area (Å²) in [6.07, 6.45) is 5.53. The molecule has 1 atom stereocenters. The van der Waals surface area contributed by atoms with Gasteiger partial charge in [-0.2, -0.15) is 0 Å². The fourth-order valence-electron chi connectivity index (χ4n) is 3.88. The molecule has 1 aliphatic heterocycles. The largest absolute Gasteiger partial charge is 0.494 e. The Bertz CT molecular complexity index is 851. The lowest BCUT2D eigenvalue weighted by molar-refractivity contribution is -0.139. The van der Waals surface area contributed by atoms with Crippen LogP contribution in [0.3, 0.4) is 0 Å². The average Bonchev–Trinajstić information content (AvgIpc) is 2.84. The molecule has 7 nitrogen and oxygen atoms in total. The lowest BCUT2D eigenvalue weighted by atomic mass is 10.1. The van der Waals surface area contributed by atoms with Crippen LogP contribution in [0.4, 0.5) is 4.79 Å². The first-order chi connectivity index (χ1) is 16.1. The summed E-state index contributed by atoms with van der Waals surface area (Å²) in [5.41, 5.74) is 1.63. The van der Waals surface area contributed by atoms with Gasteiger partial charge in [-0.25, -0.2) is 9.59 Å². The van der Waals surface area contributed by atoms with E-state index in [1.807, 2.05) is 54.6 Å². The van der Waals surface area contributed by atoms with Crippen LogP contribution in [-0.4, -0.2) is 54.4 Å². The number of piperidine rings is 1. The van der Waals surface area contributed by atoms with Gasteiger partial charge in [-0.15, -0.1) is 0 Å². The third-order valence-corrected chi connectivity index (χ3v) is 5.75. The molecule has 1 heterocycles. The van der Waals surface area contributed by atoms with Gasteiger partial charge in [0, 0.05) is 6.42 Å². The van der Waals surface area contributed by atoms with Crippen LogP contribution in [0.15, 0.2) is 54.6 Å². The van der Waals surface area contributed by atoms with Gasteiger partial charge < -0.3 is 24.8 Å². The van der Waals surface area contributed by atoms with E-state index < -0.39 is 18.1 Å². The van der Waals surface area contributed by atoms with Gasteiger partial charge in [0.25, 0.3) is 0 Å². The first-order valence-corrected chi connectivity index (χ1v) is 11.7. The van der Waals surface area contributed by atoms with Gasteiger partial charge in [0.2, 0.25) is 0 Å². The van der Waals surface area contributed by atoms with Crippen LogP contribution >= 0.6 is 0 Å². The number of amides is 1. The summed E-state index contributed by atoms with van der Waals surface area (Å²) in [4.78, 5) is 26.2. The van der Waals surface area contributed by atoms with Gasteiger partial charge in [0.1, 0.15) is 18.4 Å². The normalized spacial score (nSPS) is 14.9. The summed E-state index contributed by atoms with van der Waals surface area (Å²) in [7, 11) is 0. The van der Waals surface area contributed by atoms with Crippen LogP contribution in [0.25, 0.3) is 0 Å². The van der Waals surface area contributed by atoms with Crippen molar-refractivity contribution >= 4 is 12.1 Å². The first-order valence-electron chi connectivity index (χ1n) is 11.7. The third-order valence-electron chi connectivity index (χ3n) is 5.75. The SMILES string of the molecule is O=C(NC(Cc1ccc(OCCCCN2CCCCC2)cc1)C(=O)O)OCc1ccccc1. The zero-order valence-electron chi connectivity index (χ0n) is 19.1. The standard InChI is InChI=1S/C26H34N2O5/c29-25(30)24(27-26(31)33-20-22-9-3-1-4-10-22)19-21-11-13-23(14-12-21)32-18-8-7-17-28-15-5-2-6-16-28/h1,3-4,9-14,24H,2,5-8,15-20H2,(H,27,31)(H,29,30). The Kier molecular flexibility index (Phi) is 10.0. The van der Waals surface area contributed by atoms with Gasteiger partial charge in [0.05, 0.1) is 6.61 Å². The molecule has 0 saturated carbocycles. The van der Waals surface area contributed by atoms with E-state index in [4.69, 9.17) is 9.47 Å². The number of unbranched alkanes of at least 4 members (excludes halogenated alkanes) is 1. The monoisotopic (exact) mass is 454 g/mol. The number of nitrogens with zero attached hydrogens (tertiary/aromatic N) is 1. The zero-order chi connectivity index (χ0) is 23.3. The van der Waals surface area contributed by atoms with Crippen LogP contribution in [-0.2, 0) is 22.6 Å². The van der Waals surface area contributed by atoms with Crippen molar-refractivity contribution in [2.45, 2.75) is 51.2 Å². The molecule has 0 aromatic heterocycles. The predicted octanol–water partition coefficient (Wildman–Crippen LogP) is 4.25. The summed E-state index contributed by atoms with van der Waals surface area (Å²) in [6, 6.07) is 15.5. The number of carboxylic acid groups (broad SMARTS) is 1. The number of carbonyl (C=O) groups excluding carboxylic acids is 1. The minimum atomic E-state index is -1.11. The van der Waals surface area contributed by atoms with Crippen LogP contribution in [0.1, 0.15) is 43.2 Å². The number of hydrogen-bond donors (Lipinski definition) is 2. The molecule has 0 aliphatic carbocycles. The number of alkyl carbamates (subject to hydrolysis) is 1. The Morgan fingerprint density at radius 3 is 2.36 bits per heavy atom. The lowest BCUT2D eigenvalue weighted by Gasteiger charge is -2.26. The zero-order valence-corrected chi connectivity index (χ0v) is 19.1. The van der Waals surface area contributed by atoms with Crippen LogP contribution in [0, 0.1) is 0 Å². The van der Waals surface area contributed by atoms with E-state index in [-0.39, 0.29) is 13.0 Å². The summed E-state index contributed by atoms with van der Waals surface area (Å²) < 4.78 is 10.9. The molecular weight excluding hydrogens is 420 g/mol. The van der Waals surface area contributed by atoms with Crippen molar-refractivity contribution in [3.63, 3.8) is 0 Å². The number of benzene rings is 2. The van der Waals surface area contributed by atoms with Crippen molar-refractivity contribution in [3.05, 3.63) is 65.7 Å². The van der Waals surface area contributed by atoms with Crippen molar-refractivity contribution < 1.29 is 24.2 Å². The summed E-state index contributed by atoms with van der Waals surface area (Å²) in [5, 5.41) is 11.9. The maximum Gasteiger partial charge on any atom is 0.408 e. The Morgan fingerprint density at radius 2 is 1.67 bits per heavy atom. The topological polar surface area (TPSA) is 88.1 Å². The highest BCUT2D eigenvalue weighted by Gasteiger charge is 2.21. The first kappa shape index (κ1) is 24.6. The Hall–Kier alpha value is -3.06. The van der Waals surface area contributed by atoms with E-state index in [1.165, 1.54) is 32.4 Å². The summed E-state index contributed by atoms with van der Waals surface area (Å²) >= 11 is 0. The number of carbonyl (C=O) groups is 2. The molecule has 2 N–H and O–H groups in total. The number of likely N-dealkylation sites (tertiary alicyclic amines) is 1. The number of aliphatic carboxylic acids is 1. The van der Waals surface area contributed by atoms with E-state index in [0.29, 0.717) is 6.61 Å². The molecule has 33 heavy (non-hydrogen) atoms. The van der Waals surface area contributed by atoms with Gasteiger partial charge in [0.15, 0.2) is 0 Å².